The topological polar surface area (TPSA) is 65.7 Å². The molecule has 0 aliphatic heterocycles. The van der Waals surface area contributed by atoms with Crippen LogP contribution in [0.5, 0.6) is 0 Å². The maximum Gasteiger partial charge on any atom is 0.214 e. The number of hydrogen-bond acceptors (Lipinski definition) is 4. The van der Waals surface area contributed by atoms with Gasteiger partial charge in [0.15, 0.2) is 5.96 Å². The summed E-state index contributed by atoms with van der Waals surface area (Å²) < 4.78 is 5.60. The summed E-state index contributed by atoms with van der Waals surface area (Å²) in [6, 6.07) is 9.51. The van der Waals surface area contributed by atoms with Crippen LogP contribution in [-0.2, 0) is 13.1 Å². The number of guanidine groups is 1. The van der Waals surface area contributed by atoms with Crippen molar-refractivity contribution < 1.29 is 4.42 Å². The third-order valence-corrected chi connectivity index (χ3v) is 5.63. The minimum absolute atomic E-state index is 0.513. The van der Waals surface area contributed by atoms with Crippen LogP contribution in [0.15, 0.2) is 33.7 Å². The summed E-state index contributed by atoms with van der Waals surface area (Å²) in [4.78, 5) is 11.1. The van der Waals surface area contributed by atoms with Crippen LogP contribution in [0.1, 0.15) is 55.0 Å². The number of oxazole rings is 1. The molecule has 2 N–H and O–H groups in total. The molecule has 6 heteroatoms. The molecule has 3 rings (SSSR count). The van der Waals surface area contributed by atoms with Gasteiger partial charge in [-0.2, -0.15) is 0 Å². The Balaban J connectivity index is 1.48. The first kappa shape index (κ1) is 20.2. The molecule has 152 valence electrons. The summed E-state index contributed by atoms with van der Waals surface area (Å²) >= 11 is 0. The van der Waals surface area contributed by atoms with E-state index < -0.39 is 0 Å². The highest BCUT2D eigenvalue weighted by atomic mass is 16.4. The van der Waals surface area contributed by atoms with Gasteiger partial charge in [-0.1, -0.05) is 31.4 Å². The van der Waals surface area contributed by atoms with Crippen molar-refractivity contribution in [3.05, 3.63) is 47.2 Å². The maximum absolute atomic E-state index is 5.60. The van der Waals surface area contributed by atoms with Gasteiger partial charge in [0.1, 0.15) is 5.76 Å². The zero-order chi connectivity index (χ0) is 19.9. The standard InChI is InChI=1S/C22H33N5O/c1-16-17(2)28-21(26-16)15-25-22(23-3)24-14-18-10-12-20(13-11-18)27(4)19-8-6-5-7-9-19/h10-13,19H,5-9,14-15H2,1-4H3,(H2,23,24,25). The van der Waals surface area contributed by atoms with Gasteiger partial charge in [-0.3, -0.25) is 4.99 Å². The van der Waals surface area contributed by atoms with E-state index in [1.54, 1.807) is 7.05 Å². The van der Waals surface area contributed by atoms with E-state index in [0.717, 1.165) is 24.0 Å². The van der Waals surface area contributed by atoms with Gasteiger partial charge in [-0.15, -0.1) is 0 Å². The number of hydrogen-bond donors (Lipinski definition) is 2. The predicted molar refractivity (Wildman–Crippen MR) is 115 cm³/mol. The summed E-state index contributed by atoms with van der Waals surface area (Å²) in [6.07, 6.45) is 6.72. The molecule has 0 spiro atoms. The SMILES string of the molecule is CN=C(NCc1ccc(N(C)C2CCCCC2)cc1)NCc1nc(C)c(C)o1. The molecule has 0 atom stereocenters. The number of aromatic nitrogens is 1. The second-order valence-corrected chi connectivity index (χ2v) is 7.60. The van der Waals surface area contributed by atoms with Gasteiger partial charge in [0.2, 0.25) is 5.89 Å². The predicted octanol–water partition coefficient (Wildman–Crippen LogP) is 3.93. The van der Waals surface area contributed by atoms with Crippen LogP contribution >= 0.6 is 0 Å². The first-order chi connectivity index (χ1) is 13.6. The molecular formula is C22H33N5O. The van der Waals surface area contributed by atoms with E-state index in [0.29, 0.717) is 18.5 Å². The summed E-state index contributed by atoms with van der Waals surface area (Å²) in [5.41, 5.74) is 3.46. The maximum atomic E-state index is 5.60. The Morgan fingerprint density at radius 3 is 2.39 bits per heavy atom. The highest BCUT2D eigenvalue weighted by Gasteiger charge is 2.18. The summed E-state index contributed by atoms with van der Waals surface area (Å²) in [6.45, 7) is 5.11. The number of nitrogens with one attached hydrogen (secondary N) is 2. The number of nitrogens with zero attached hydrogens (tertiary/aromatic N) is 3. The van der Waals surface area contributed by atoms with E-state index in [4.69, 9.17) is 4.42 Å². The Hall–Kier alpha value is -2.50. The first-order valence-electron chi connectivity index (χ1n) is 10.3. The number of aliphatic imine (C=N–C) groups is 1. The average molecular weight is 384 g/mol. The van der Waals surface area contributed by atoms with Crippen LogP contribution < -0.4 is 15.5 Å². The van der Waals surface area contributed by atoms with Crippen molar-refractivity contribution in [1.29, 1.82) is 0 Å². The van der Waals surface area contributed by atoms with Crippen LogP contribution in [-0.4, -0.2) is 31.1 Å². The van der Waals surface area contributed by atoms with Crippen molar-refractivity contribution >= 4 is 11.6 Å². The van der Waals surface area contributed by atoms with E-state index in [1.807, 2.05) is 13.8 Å². The van der Waals surface area contributed by atoms with Crippen molar-refractivity contribution in [2.45, 2.75) is 65.1 Å². The minimum Gasteiger partial charge on any atom is -0.444 e. The van der Waals surface area contributed by atoms with E-state index >= 15 is 0 Å². The zero-order valence-corrected chi connectivity index (χ0v) is 17.6. The smallest absolute Gasteiger partial charge is 0.214 e. The molecule has 0 saturated heterocycles. The van der Waals surface area contributed by atoms with Gasteiger partial charge in [-0.05, 0) is 44.4 Å². The zero-order valence-electron chi connectivity index (χ0n) is 17.6. The van der Waals surface area contributed by atoms with Gasteiger partial charge in [0, 0.05) is 32.4 Å². The third kappa shape index (κ3) is 5.27. The van der Waals surface area contributed by atoms with Crippen molar-refractivity contribution in [3.63, 3.8) is 0 Å². The average Bonchev–Trinajstić information content (AvgIpc) is 3.06. The van der Waals surface area contributed by atoms with Crippen molar-refractivity contribution in [1.82, 2.24) is 15.6 Å². The monoisotopic (exact) mass is 383 g/mol. The van der Waals surface area contributed by atoms with Gasteiger partial charge in [0.25, 0.3) is 0 Å². The minimum atomic E-state index is 0.513. The molecule has 1 saturated carbocycles. The molecule has 0 unspecified atom stereocenters. The molecule has 6 nitrogen and oxygen atoms in total. The Kier molecular flexibility index (Phi) is 6.95. The Bertz CT molecular complexity index is 755. The van der Waals surface area contributed by atoms with Gasteiger partial charge >= 0.3 is 0 Å². The summed E-state index contributed by atoms with van der Waals surface area (Å²) in [5.74, 6) is 2.27. The molecule has 1 aromatic heterocycles. The lowest BCUT2D eigenvalue weighted by molar-refractivity contribution is 0.427. The molecule has 1 aliphatic carbocycles. The van der Waals surface area contributed by atoms with Crippen molar-refractivity contribution in [2.75, 3.05) is 19.0 Å². The summed E-state index contributed by atoms with van der Waals surface area (Å²) in [7, 11) is 3.99. The van der Waals surface area contributed by atoms with E-state index in [2.05, 4.69) is 56.8 Å². The highest BCUT2D eigenvalue weighted by molar-refractivity contribution is 5.79. The Morgan fingerprint density at radius 2 is 1.79 bits per heavy atom. The number of rotatable bonds is 6. The molecule has 28 heavy (non-hydrogen) atoms. The van der Waals surface area contributed by atoms with E-state index in [-0.39, 0.29) is 0 Å². The fraction of sp³-hybridized carbons (Fsp3) is 0.545. The number of benzene rings is 1. The molecule has 0 amide bonds. The Morgan fingerprint density at radius 1 is 1.11 bits per heavy atom. The normalized spacial score (nSPS) is 15.5. The van der Waals surface area contributed by atoms with Gasteiger partial charge < -0.3 is 20.0 Å². The van der Waals surface area contributed by atoms with Gasteiger partial charge in [0.05, 0.1) is 12.2 Å². The molecule has 0 radical (unpaired) electrons. The van der Waals surface area contributed by atoms with Crippen LogP contribution in [0.2, 0.25) is 0 Å². The summed E-state index contributed by atoms with van der Waals surface area (Å²) in [5, 5.41) is 6.59. The Labute approximate surface area is 168 Å². The van der Waals surface area contributed by atoms with Crippen LogP contribution in [0.3, 0.4) is 0 Å². The van der Waals surface area contributed by atoms with E-state index in [9.17, 15) is 0 Å². The van der Waals surface area contributed by atoms with Crippen LogP contribution in [0, 0.1) is 13.8 Å². The molecule has 1 heterocycles. The first-order valence-corrected chi connectivity index (χ1v) is 10.3. The molecule has 1 fully saturated rings. The van der Waals surface area contributed by atoms with Crippen LogP contribution in [0.25, 0.3) is 0 Å². The molecule has 1 aromatic carbocycles. The number of anilines is 1. The van der Waals surface area contributed by atoms with Crippen LogP contribution in [0.4, 0.5) is 5.69 Å². The largest absolute Gasteiger partial charge is 0.444 e. The van der Waals surface area contributed by atoms with E-state index in [1.165, 1.54) is 43.4 Å². The fourth-order valence-electron chi connectivity index (χ4n) is 3.71. The molecule has 2 aromatic rings. The fourth-order valence-corrected chi connectivity index (χ4v) is 3.71. The van der Waals surface area contributed by atoms with Crippen molar-refractivity contribution in [2.24, 2.45) is 4.99 Å². The lowest BCUT2D eigenvalue weighted by Crippen LogP contribution is -2.36. The second-order valence-electron chi connectivity index (χ2n) is 7.60. The van der Waals surface area contributed by atoms with Gasteiger partial charge in [-0.25, -0.2) is 4.98 Å². The second kappa shape index (κ2) is 9.62. The number of aryl methyl sites for hydroxylation is 2. The molecule has 0 bridgehead atoms. The highest BCUT2D eigenvalue weighted by Crippen LogP contribution is 2.26. The lowest BCUT2D eigenvalue weighted by Gasteiger charge is -2.33. The lowest BCUT2D eigenvalue weighted by atomic mass is 9.94. The molecule has 1 aliphatic rings. The van der Waals surface area contributed by atoms with Crippen molar-refractivity contribution in [3.8, 4) is 0 Å². The molecular weight excluding hydrogens is 350 g/mol. The third-order valence-electron chi connectivity index (χ3n) is 5.63. The quantitative estimate of drug-likeness (QED) is 0.584.